The van der Waals surface area contributed by atoms with Gasteiger partial charge in [-0.25, -0.2) is 9.79 Å². The van der Waals surface area contributed by atoms with Gasteiger partial charge in [0.25, 0.3) is 0 Å². The van der Waals surface area contributed by atoms with Crippen LogP contribution in [0.1, 0.15) is 22.4 Å². The van der Waals surface area contributed by atoms with E-state index >= 15 is 0 Å². The summed E-state index contributed by atoms with van der Waals surface area (Å²) in [4.78, 5) is 19.1. The number of rotatable bonds is 2. The maximum absolute atomic E-state index is 11.8. The molecule has 0 amide bonds. The molecule has 4 nitrogen and oxygen atoms in total. The van der Waals surface area contributed by atoms with Gasteiger partial charge < -0.3 is 9.72 Å². The van der Waals surface area contributed by atoms with Crippen LogP contribution in [0.15, 0.2) is 47.2 Å². The lowest BCUT2D eigenvalue weighted by atomic mass is 10.1. The molecule has 0 atom stereocenters. The summed E-state index contributed by atoms with van der Waals surface area (Å²) in [7, 11) is 0. The summed E-state index contributed by atoms with van der Waals surface area (Å²) in [5.74, 6) is -0.0660. The minimum atomic E-state index is -0.423. The van der Waals surface area contributed by atoms with E-state index in [0.717, 1.165) is 16.8 Å². The molecule has 2 aromatic rings. The van der Waals surface area contributed by atoms with Gasteiger partial charge in [-0.3, -0.25) is 0 Å². The molecule has 0 unspecified atom stereocenters. The minimum absolute atomic E-state index is 0.306. The van der Waals surface area contributed by atoms with Crippen LogP contribution in [0.2, 0.25) is 0 Å². The molecular weight excluding hydrogens is 252 g/mol. The molecule has 4 heteroatoms. The average molecular weight is 266 g/mol. The predicted molar refractivity (Wildman–Crippen MR) is 77.3 cm³/mol. The zero-order chi connectivity index (χ0) is 14.1. The van der Waals surface area contributed by atoms with Crippen LogP contribution in [0, 0.1) is 13.8 Å². The molecule has 1 aromatic heterocycles. The van der Waals surface area contributed by atoms with Crippen molar-refractivity contribution in [1.29, 1.82) is 0 Å². The molecule has 1 aromatic carbocycles. The molecule has 0 saturated heterocycles. The summed E-state index contributed by atoms with van der Waals surface area (Å²) in [5.41, 5.74) is 4.28. The van der Waals surface area contributed by atoms with Crippen molar-refractivity contribution in [2.75, 3.05) is 0 Å². The van der Waals surface area contributed by atoms with Crippen LogP contribution in [-0.2, 0) is 9.53 Å². The van der Waals surface area contributed by atoms with E-state index in [4.69, 9.17) is 4.74 Å². The van der Waals surface area contributed by atoms with E-state index in [1.54, 1.807) is 12.3 Å². The molecule has 1 aliphatic rings. The van der Waals surface area contributed by atoms with E-state index in [0.29, 0.717) is 11.6 Å². The summed E-state index contributed by atoms with van der Waals surface area (Å²) >= 11 is 0. The lowest BCUT2D eigenvalue weighted by Crippen LogP contribution is -2.05. The van der Waals surface area contributed by atoms with E-state index in [1.165, 1.54) is 5.56 Å². The predicted octanol–water partition coefficient (Wildman–Crippen LogP) is 2.98. The zero-order valence-electron chi connectivity index (χ0n) is 11.3. The summed E-state index contributed by atoms with van der Waals surface area (Å²) in [6.45, 7) is 4.06. The van der Waals surface area contributed by atoms with E-state index < -0.39 is 5.97 Å². The third-order valence-corrected chi connectivity index (χ3v) is 3.29. The Bertz CT molecular complexity index is 725. The molecule has 100 valence electrons. The van der Waals surface area contributed by atoms with Crippen molar-refractivity contribution in [2.45, 2.75) is 13.8 Å². The number of aliphatic imine (C=N–C) groups is 1. The first-order chi connectivity index (χ1) is 9.63. The van der Waals surface area contributed by atoms with E-state index in [-0.39, 0.29) is 0 Å². The quantitative estimate of drug-likeness (QED) is 0.671. The number of nitrogens with zero attached hydrogens (tertiary/aromatic N) is 1. The number of aromatic nitrogens is 1. The molecule has 0 saturated carbocycles. The Labute approximate surface area is 116 Å². The minimum Gasteiger partial charge on any atom is -0.402 e. The molecule has 0 spiro atoms. The SMILES string of the molecule is Cc1ccc(C2=N/C(=C/c3ccc[nH]3)C(=O)O2)cc1C. The normalized spacial score (nSPS) is 16.4. The number of esters is 1. The van der Waals surface area contributed by atoms with Crippen molar-refractivity contribution in [1.82, 2.24) is 4.98 Å². The first-order valence-electron chi connectivity index (χ1n) is 6.37. The largest absolute Gasteiger partial charge is 0.402 e. The Morgan fingerprint density at radius 3 is 2.75 bits per heavy atom. The van der Waals surface area contributed by atoms with Crippen molar-refractivity contribution in [3.05, 3.63) is 64.6 Å². The van der Waals surface area contributed by atoms with Gasteiger partial charge in [-0.2, -0.15) is 0 Å². The topological polar surface area (TPSA) is 54.5 Å². The third-order valence-electron chi connectivity index (χ3n) is 3.29. The Morgan fingerprint density at radius 2 is 2.05 bits per heavy atom. The van der Waals surface area contributed by atoms with Gasteiger partial charge in [0.15, 0.2) is 5.70 Å². The summed E-state index contributed by atoms with van der Waals surface area (Å²) in [6, 6.07) is 9.60. The van der Waals surface area contributed by atoms with E-state index in [2.05, 4.69) is 9.98 Å². The Kier molecular flexibility index (Phi) is 2.99. The standard InChI is InChI=1S/C16H14N2O2/c1-10-5-6-12(8-11(10)2)15-18-14(16(19)20-15)9-13-4-3-7-17-13/h3-9,17H,1-2H3/b14-9+. The van der Waals surface area contributed by atoms with Gasteiger partial charge in [-0.1, -0.05) is 6.07 Å². The second kappa shape index (κ2) is 4.81. The molecular formula is C16H14N2O2. The number of carbonyl (C=O) groups excluding carboxylic acids is 1. The average Bonchev–Trinajstić information content (AvgIpc) is 3.04. The van der Waals surface area contributed by atoms with Gasteiger partial charge in [0.2, 0.25) is 5.90 Å². The van der Waals surface area contributed by atoms with Crippen LogP contribution in [0.5, 0.6) is 0 Å². The molecule has 1 aliphatic heterocycles. The number of ether oxygens (including phenoxy) is 1. The fraction of sp³-hybridized carbons (Fsp3) is 0.125. The second-order valence-electron chi connectivity index (χ2n) is 4.76. The van der Waals surface area contributed by atoms with Gasteiger partial charge in [-0.05, 0) is 55.3 Å². The van der Waals surface area contributed by atoms with Crippen LogP contribution in [0.4, 0.5) is 0 Å². The van der Waals surface area contributed by atoms with Crippen molar-refractivity contribution in [2.24, 2.45) is 4.99 Å². The van der Waals surface area contributed by atoms with Crippen LogP contribution in [0.25, 0.3) is 6.08 Å². The van der Waals surface area contributed by atoms with Crippen molar-refractivity contribution < 1.29 is 9.53 Å². The molecule has 3 rings (SSSR count). The number of cyclic esters (lactones) is 1. The fourth-order valence-electron chi connectivity index (χ4n) is 1.99. The Balaban J connectivity index is 1.96. The lowest BCUT2D eigenvalue weighted by Gasteiger charge is -2.03. The monoisotopic (exact) mass is 266 g/mol. The highest BCUT2D eigenvalue weighted by atomic mass is 16.6. The van der Waals surface area contributed by atoms with Gasteiger partial charge >= 0.3 is 5.97 Å². The first-order valence-corrected chi connectivity index (χ1v) is 6.37. The maximum atomic E-state index is 11.8. The van der Waals surface area contributed by atoms with Gasteiger partial charge in [0, 0.05) is 17.5 Å². The van der Waals surface area contributed by atoms with Crippen molar-refractivity contribution >= 4 is 17.9 Å². The van der Waals surface area contributed by atoms with Gasteiger partial charge in [0.1, 0.15) is 0 Å². The van der Waals surface area contributed by atoms with Crippen LogP contribution in [0.3, 0.4) is 0 Å². The zero-order valence-corrected chi connectivity index (χ0v) is 11.3. The summed E-state index contributed by atoms with van der Waals surface area (Å²) in [5, 5.41) is 0. The fourth-order valence-corrected chi connectivity index (χ4v) is 1.99. The summed E-state index contributed by atoms with van der Waals surface area (Å²) < 4.78 is 5.23. The maximum Gasteiger partial charge on any atom is 0.363 e. The van der Waals surface area contributed by atoms with Crippen LogP contribution in [-0.4, -0.2) is 16.9 Å². The summed E-state index contributed by atoms with van der Waals surface area (Å²) in [6.07, 6.45) is 3.47. The third kappa shape index (κ3) is 2.28. The van der Waals surface area contributed by atoms with E-state index in [1.807, 2.05) is 44.2 Å². The molecule has 2 heterocycles. The van der Waals surface area contributed by atoms with Crippen molar-refractivity contribution in [3.63, 3.8) is 0 Å². The van der Waals surface area contributed by atoms with Crippen LogP contribution >= 0.6 is 0 Å². The molecule has 20 heavy (non-hydrogen) atoms. The van der Waals surface area contributed by atoms with Gasteiger partial charge in [0.05, 0.1) is 0 Å². The number of carbonyl (C=O) groups is 1. The highest BCUT2D eigenvalue weighted by Crippen LogP contribution is 2.20. The van der Waals surface area contributed by atoms with Crippen LogP contribution < -0.4 is 0 Å². The number of aromatic amines is 1. The smallest absolute Gasteiger partial charge is 0.363 e. The first kappa shape index (κ1) is 12.4. The molecule has 0 fully saturated rings. The number of hydrogen-bond acceptors (Lipinski definition) is 3. The Hall–Kier alpha value is -2.62. The van der Waals surface area contributed by atoms with Crippen molar-refractivity contribution in [3.8, 4) is 0 Å². The highest BCUT2D eigenvalue weighted by Gasteiger charge is 2.24. The molecule has 0 radical (unpaired) electrons. The number of aryl methyl sites for hydroxylation is 2. The highest BCUT2D eigenvalue weighted by molar-refractivity contribution is 6.12. The van der Waals surface area contributed by atoms with E-state index in [9.17, 15) is 4.79 Å². The number of H-pyrrole nitrogens is 1. The Morgan fingerprint density at radius 1 is 1.20 bits per heavy atom. The lowest BCUT2D eigenvalue weighted by molar-refractivity contribution is -0.129. The second-order valence-corrected chi connectivity index (χ2v) is 4.76. The molecule has 0 bridgehead atoms. The number of benzene rings is 1. The molecule has 0 aliphatic carbocycles. The number of nitrogens with one attached hydrogen (secondary N) is 1. The van der Waals surface area contributed by atoms with Gasteiger partial charge in [-0.15, -0.1) is 0 Å². The number of hydrogen-bond donors (Lipinski definition) is 1. The molecule has 1 N–H and O–H groups in total.